The summed E-state index contributed by atoms with van der Waals surface area (Å²) in [5.74, 6) is 1.36. The Bertz CT molecular complexity index is 456. The van der Waals surface area contributed by atoms with E-state index >= 15 is 0 Å². The van der Waals surface area contributed by atoms with E-state index in [1.165, 1.54) is 0 Å². The lowest BCUT2D eigenvalue weighted by Crippen LogP contribution is -2.36. The number of amides is 1. The third-order valence-corrected chi connectivity index (χ3v) is 4.11. The summed E-state index contributed by atoms with van der Waals surface area (Å²) in [6, 6.07) is 7.82. The van der Waals surface area contributed by atoms with Crippen LogP contribution in [0.3, 0.4) is 0 Å². The number of benzene rings is 1. The number of fused-ring (bicyclic) bond motifs is 1. The number of para-hydroxylation sites is 1. The molecule has 0 spiro atoms. The summed E-state index contributed by atoms with van der Waals surface area (Å²) in [6.45, 7) is 4.18. The Morgan fingerprint density at radius 1 is 1.43 bits per heavy atom. The van der Waals surface area contributed by atoms with Crippen LogP contribution in [0.5, 0.6) is 5.75 Å². The summed E-state index contributed by atoms with van der Waals surface area (Å²) in [5.41, 5.74) is 6.65. The third-order valence-electron chi connectivity index (χ3n) is 4.11. The fraction of sp³-hybridized carbons (Fsp3) is 0.588. The van der Waals surface area contributed by atoms with Gasteiger partial charge in [-0.1, -0.05) is 31.5 Å². The van der Waals surface area contributed by atoms with Gasteiger partial charge in [-0.3, -0.25) is 4.79 Å². The van der Waals surface area contributed by atoms with Crippen LogP contribution in [0.2, 0.25) is 0 Å². The predicted molar refractivity (Wildman–Crippen MR) is 84.4 cm³/mol. The van der Waals surface area contributed by atoms with Crippen LogP contribution in [-0.2, 0) is 4.79 Å². The van der Waals surface area contributed by atoms with Crippen molar-refractivity contribution in [3.63, 3.8) is 0 Å². The van der Waals surface area contributed by atoms with E-state index in [1.807, 2.05) is 24.3 Å². The Morgan fingerprint density at radius 3 is 3.00 bits per heavy atom. The number of hydrogen-bond donors (Lipinski definition) is 2. The second-order valence-corrected chi connectivity index (χ2v) is 5.70. The molecule has 1 aliphatic rings. The average Bonchev–Trinajstić information content (AvgIpc) is 2.52. The molecule has 0 aromatic heterocycles. The van der Waals surface area contributed by atoms with Crippen LogP contribution in [0.15, 0.2) is 24.3 Å². The maximum absolute atomic E-state index is 12.5. The van der Waals surface area contributed by atoms with Gasteiger partial charge in [-0.25, -0.2) is 0 Å². The van der Waals surface area contributed by atoms with Crippen molar-refractivity contribution in [3.05, 3.63) is 29.8 Å². The van der Waals surface area contributed by atoms with Crippen LogP contribution in [0.25, 0.3) is 0 Å². The molecule has 0 saturated carbocycles. The van der Waals surface area contributed by atoms with E-state index in [1.54, 1.807) is 0 Å². The molecule has 0 fully saturated rings. The summed E-state index contributed by atoms with van der Waals surface area (Å²) >= 11 is 0. The lowest BCUT2D eigenvalue weighted by Gasteiger charge is -2.26. The second kappa shape index (κ2) is 8.03. The standard InChI is InChI=1S/C17H26N2O2/c1-2-5-13(8-10-18)12-19-17(20)15-9-11-21-16-7-4-3-6-14(15)16/h3-4,6-7,13,15H,2,5,8-12,18H2,1H3,(H,19,20). The van der Waals surface area contributed by atoms with E-state index in [-0.39, 0.29) is 11.8 Å². The van der Waals surface area contributed by atoms with Gasteiger partial charge in [0.15, 0.2) is 0 Å². The highest BCUT2D eigenvalue weighted by atomic mass is 16.5. The van der Waals surface area contributed by atoms with E-state index < -0.39 is 0 Å². The highest BCUT2D eigenvalue weighted by Crippen LogP contribution is 2.33. The molecule has 1 aromatic carbocycles. The van der Waals surface area contributed by atoms with Crippen LogP contribution < -0.4 is 15.8 Å². The monoisotopic (exact) mass is 290 g/mol. The predicted octanol–water partition coefficient (Wildman–Crippen LogP) is 2.43. The zero-order chi connectivity index (χ0) is 15.1. The van der Waals surface area contributed by atoms with Crippen molar-refractivity contribution in [2.75, 3.05) is 19.7 Å². The Balaban J connectivity index is 1.95. The summed E-state index contributed by atoms with van der Waals surface area (Å²) < 4.78 is 5.61. The van der Waals surface area contributed by atoms with Crippen LogP contribution >= 0.6 is 0 Å². The maximum atomic E-state index is 12.5. The summed E-state index contributed by atoms with van der Waals surface area (Å²) in [5, 5.41) is 3.11. The van der Waals surface area contributed by atoms with Crippen molar-refractivity contribution in [1.82, 2.24) is 5.32 Å². The van der Waals surface area contributed by atoms with E-state index in [0.29, 0.717) is 19.1 Å². The van der Waals surface area contributed by atoms with Crippen molar-refractivity contribution in [3.8, 4) is 5.75 Å². The molecule has 1 aliphatic heterocycles. The Morgan fingerprint density at radius 2 is 2.24 bits per heavy atom. The molecule has 1 aromatic rings. The first-order valence-corrected chi connectivity index (χ1v) is 7.95. The van der Waals surface area contributed by atoms with E-state index in [2.05, 4.69) is 12.2 Å². The van der Waals surface area contributed by atoms with Crippen LogP contribution in [-0.4, -0.2) is 25.6 Å². The molecule has 1 amide bonds. The first-order valence-electron chi connectivity index (χ1n) is 7.95. The minimum Gasteiger partial charge on any atom is -0.493 e. The molecular weight excluding hydrogens is 264 g/mol. The number of nitrogens with one attached hydrogen (secondary N) is 1. The van der Waals surface area contributed by atoms with E-state index in [0.717, 1.165) is 43.5 Å². The molecule has 0 aliphatic carbocycles. The normalized spacial score (nSPS) is 18.5. The van der Waals surface area contributed by atoms with Gasteiger partial charge in [0.25, 0.3) is 0 Å². The molecule has 0 saturated heterocycles. The summed E-state index contributed by atoms with van der Waals surface area (Å²) in [6.07, 6.45) is 3.96. The molecule has 116 valence electrons. The number of nitrogens with two attached hydrogens (primary N) is 1. The second-order valence-electron chi connectivity index (χ2n) is 5.70. The number of ether oxygens (including phenoxy) is 1. The highest BCUT2D eigenvalue weighted by molar-refractivity contribution is 5.84. The Labute approximate surface area is 127 Å². The van der Waals surface area contributed by atoms with Gasteiger partial charge in [-0.15, -0.1) is 0 Å². The van der Waals surface area contributed by atoms with Crippen LogP contribution in [0.1, 0.15) is 44.1 Å². The lowest BCUT2D eigenvalue weighted by atomic mass is 9.92. The van der Waals surface area contributed by atoms with Crippen molar-refractivity contribution in [1.29, 1.82) is 0 Å². The molecule has 4 nitrogen and oxygen atoms in total. The third kappa shape index (κ3) is 4.21. The molecule has 0 bridgehead atoms. The van der Waals surface area contributed by atoms with Gasteiger partial charge < -0.3 is 15.8 Å². The van der Waals surface area contributed by atoms with Gasteiger partial charge in [0.05, 0.1) is 12.5 Å². The molecule has 2 atom stereocenters. The maximum Gasteiger partial charge on any atom is 0.227 e. The molecule has 1 heterocycles. The molecule has 21 heavy (non-hydrogen) atoms. The Kier molecular flexibility index (Phi) is 6.05. The first kappa shape index (κ1) is 15.8. The molecule has 2 unspecified atom stereocenters. The van der Waals surface area contributed by atoms with Crippen molar-refractivity contribution >= 4 is 5.91 Å². The largest absolute Gasteiger partial charge is 0.493 e. The van der Waals surface area contributed by atoms with Gasteiger partial charge in [-0.05, 0) is 37.8 Å². The van der Waals surface area contributed by atoms with Crippen LogP contribution in [0, 0.1) is 5.92 Å². The van der Waals surface area contributed by atoms with Gasteiger partial charge in [0.1, 0.15) is 5.75 Å². The van der Waals surface area contributed by atoms with Crippen molar-refractivity contribution in [2.24, 2.45) is 11.7 Å². The first-order chi connectivity index (χ1) is 10.3. The minimum absolute atomic E-state index is 0.0879. The quantitative estimate of drug-likeness (QED) is 0.810. The smallest absolute Gasteiger partial charge is 0.227 e. The number of carbonyl (C=O) groups excluding carboxylic acids is 1. The van der Waals surface area contributed by atoms with Crippen LogP contribution in [0.4, 0.5) is 0 Å². The number of carbonyl (C=O) groups is 1. The van der Waals surface area contributed by atoms with Gasteiger partial charge >= 0.3 is 0 Å². The highest BCUT2D eigenvalue weighted by Gasteiger charge is 2.27. The van der Waals surface area contributed by atoms with Gasteiger partial charge in [-0.2, -0.15) is 0 Å². The number of hydrogen-bond acceptors (Lipinski definition) is 3. The van der Waals surface area contributed by atoms with Gasteiger partial charge in [0, 0.05) is 12.1 Å². The molecule has 0 radical (unpaired) electrons. The zero-order valence-corrected chi connectivity index (χ0v) is 12.8. The molecule has 2 rings (SSSR count). The van der Waals surface area contributed by atoms with Crippen molar-refractivity contribution in [2.45, 2.75) is 38.5 Å². The van der Waals surface area contributed by atoms with Gasteiger partial charge in [0.2, 0.25) is 5.91 Å². The summed E-state index contributed by atoms with van der Waals surface area (Å²) in [4.78, 5) is 12.5. The average molecular weight is 290 g/mol. The summed E-state index contributed by atoms with van der Waals surface area (Å²) in [7, 11) is 0. The lowest BCUT2D eigenvalue weighted by molar-refractivity contribution is -0.123. The fourth-order valence-corrected chi connectivity index (χ4v) is 2.97. The molecular formula is C17H26N2O2. The Hall–Kier alpha value is -1.55. The topological polar surface area (TPSA) is 64.3 Å². The molecule has 3 N–H and O–H groups in total. The van der Waals surface area contributed by atoms with Crippen molar-refractivity contribution < 1.29 is 9.53 Å². The number of rotatable bonds is 7. The zero-order valence-electron chi connectivity index (χ0n) is 12.8. The van der Waals surface area contributed by atoms with E-state index in [9.17, 15) is 4.79 Å². The SMILES string of the molecule is CCCC(CCN)CNC(=O)C1CCOc2ccccc21. The fourth-order valence-electron chi connectivity index (χ4n) is 2.97. The van der Waals surface area contributed by atoms with E-state index in [4.69, 9.17) is 10.5 Å². The minimum atomic E-state index is -0.0879. The molecule has 4 heteroatoms.